The van der Waals surface area contributed by atoms with Crippen LogP contribution in [0, 0.1) is 0 Å². The number of anilines is 1. The Kier molecular flexibility index (Phi) is 5.64. The van der Waals surface area contributed by atoms with Gasteiger partial charge in [0.05, 0.1) is 6.61 Å². The molecule has 1 aliphatic heterocycles. The first-order valence-electron chi connectivity index (χ1n) is 10.1. The molecule has 5 nitrogen and oxygen atoms in total. The van der Waals surface area contributed by atoms with Crippen molar-refractivity contribution in [2.24, 2.45) is 0 Å². The number of carbonyl (C=O) groups is 1. The molecule has 0 bridgehead atoms. The van der Waals surface area contributed by atoms with Crippen LogP contribution >= 0.6 is 0 Å². The Labute approximate surface area is 167 Å². The summed E-state index contributed by atoms with van der Waals surface area (Å²) in [4.78, 5) is 17.1. The summed E-state index contributed by atoms with van der Waals surface area (Å²) in [5, 5.41) is 3.13. The molecular weight excluding hydrogens is 350 g/mol. The van der Waals surface area contributed by atoms with Gasteiger partial charge in [-0.25, -0.2) is 4.79 Å². The van der Waals surface area contributed by atoms with Gasteiger partial charge in [-0.3, -0.25) is 0 Å². The zero-order valence-corrected chi connectivity index (χ0v) is 16.8. The van der Waals surface area contributed by atoms with Crippen molar-refractivity contribution >= 4 is 11.7 Å². The quantitative estimate of drug-likeness (QED) is 0.708. The number of fused-ring (bicyclic) bond motifs is 3. The first-order chi connectivity index (χ1) is 13.7. The highest BCUT2D eigenvalue weighted by Gasteiger charge is 2.29. The number of likely N-dealkylation sites (N-methyl/N-ethyl adjacent to an activating group) is 1. The Morgan fingerprint density at radius 2 is 2.04 bits per heavy atom. The van der Waals surface area contributed by atoms with Crippen molar-refractivity contribution in [2.45, 2.75) is 25.3 Å². The lowest BCUT2D eigenvalue weighted by Gasteiger charge is -2.28. The number of methoxy groups -OCH3 is 1. The van der Waals surface area contributed by atoms with Crippen LogP contribution in [0.5, 0.6) is 0 Å². The van der Waals surface area contributed by atoms with Gasteiger partial charge in [-0.05, 0) is 60.7 Å². The van der Waals surface area contributed by atoms with Gasteiger partial charge in [0.2, 0.25) is 0 Å². The lowest BCUT2D eigenvalue weighted by atomic mass is 10.1. The van der Waals surface area contributed by atoms with Gasteiger partial charge < -0.3 is 19.9 Å². The zero-order valence-electron chi connectivity index (χ0n) is 16.8. The van der Waals surface area contributed by atoms with E-state index in [0.29, 0.717) is 6.61 Å². The van der Waals surface area contributed by atoms with E-state index in [1.54, 1.807) is 7.11 Å². The van der Waals surface area contributed by atoms with E-state index >= 15 is 0 Å². The predicted molar refractivity (Wildman–Crippen MR) is 113 cm³/mol. The lowest BCUT2D eigenvalue weighted by Crippen LogP contribution is -2.44. The third-order valence-corrected chi connectivity index (χ3v) is 5.88. The minimum absolute atomic E-state index is 0.0121. The fourth-order valence-electron chi connectivity index (χ4n) is 4.41. The molecule has 1 atom stereocenters. The van der Waals surface area contributed by atoms with Crippen molar-refractivity contribution in [1.82, 2.24) is 9.80 Å². The number of nitrogens with zero attached hydrogens (tertiary/aromatic N) is 2. The Balaban J connectivity index is 1.40. The van der Waals surface area contributed by atoms with E-state index in [0.717, 1.165) is 44.6 Å². The Bertz CT molecular complexity index is 851. The molecule has 0 radical (unpaired) electrons. The van der Waals surface area contributed by atoms with E-state index in [4.69, 9.17) is 4.74 Å². The van der Waals surface area contributed by atoms with Gasteiger partial charge in [0.1, 0.15) is 0 Å². The van der Waals surface area contributed by atoms with E-state index in [9.17, 15) is 4.79 Å². The molecule has 1 unspecified atom stereocenters. The highest BCUT2D eigenvalue weighted by atomic mass is 16.5. The Hall–Kier alpha value is -2.37. The molecule has 0 spiro atoms. The highest BCUT2D eigenvalue weighted by Crippen LogP contribution is 2.37. The number of carbonyl (C=O) groups excluding carboxylic acids is 1. The van der Waals surface area contributed by atoms with Crippen LogP contribution in [0.4, 0.5) is 10.5 Å². The molecule has 1 saturated heterocycles. The molecule has 2 aromatic carbocycles. The molecule has 148 valence electrons. The van der Waals surface area contributed by atoms with Crippen LogP contribution < -0.4 is 5.32 Å². The van der Waals surface area contributed by atoms with E-state index < -0.39 is 0 Å². The molecule has 0 aromatic heterocycles. The summed E-state index contributed by atoms with van der Waals surface area (Å²) in [6.45, 7) is 3.31. The number of hydrogen-bond acceptors (Lipinski definition) is 3. The fourth-order valence-corrected chi connectivity index (χ4v) is 4.41. The first-order valence-corrected chi connectivity index (χ1v) is 10.1. The van der Waals surface area contributed by atoms with Crippen LogP contribution in [0.1, 0.15) is 24.0 Å². The van der Waals surface area contributed by atoms with Crippen LogP contribution in [-0.4, -0.2) is 62.3 Å². The van der Waals surface area contributed by atoms with E-state index in [1.807, 2.05) is 11.0 Å². The maximum absolute atomic E-state index is 12.9. The van der Waals surface area contributed by atoms with Crippen LogP contribution in [0.3, 0.4) is 0 Å². The summed E-state index contributed by atoms with van der Waals surface area (Å²) in [5.74, 6) is 0. The van der Waals surface area contributed by atoms with Crippen LogP contribution in [0.2, 0.25) is 0 Å². The van der Waals surface area contributed by atoms with Gasteiger partial charge in [0, 0.05) is 38.5 Å². The molecule has 2 amide bonds. The SMILES string of the molecule is COCCN(C)CC1CCCN1C(=O)Nc1ccc2c(c1)Cc1ccccc1-2. The van der Waals surface area contributed by atoms with Crippen LogP contribution in [0.25, 0.3) is 11.1 Å². The minimum atomic E-state index is 0.0121. The minimum Gasteiger partial charge on any atom is -0.383 e. The summed E-state index contributed by atoms with van der Waals surface area (Å²) in [6.07, 6.45) is 3.06. The normalized spacial score (nSPS) is 17.7. The van der Waals surface area contributed by atoms with Crippen molar-refractivity contribution in [1.29, 1.82) is 0 Å². The Morgan fingerprint density at radius 3 is 2.89 bits per heavy atom. The molecule has 1 heterocycles. The Morgan fingerprint density at radius 1 is 1.21 bits per heavy atom. The van der Waals surface area contributed by atoms with Crippen molar-refractivity contribution in [3.63, 3.8) is 0 Å². The standard InChI is InChI=1S/C23H29N3O2/c1-25(12-13-28-2)16-20-7-5-11-26(20)23(27)24-19-9-10-22-18(15-19)14-17-6-3-4-8-21(17)22/h3-4,6,8-10,15,20H,5,7,11-14,16H2,1-2H3,(H,24,27). The topological polar surface area (TPSA) is 44.8 Å². The molecular formula is C23H29N3O2. The number of nitrogens with one attached hydrogen (secondary N) is 1. The summed E-state index contributed by atoms with van der Waals surface area (Å²) >= 11 is 0. The van der Waals surface area contributed by atoms with Gasteiger partial charge in [0.25, 0.3) is 0 Å². The smallest absolute Gasteiger partial charge is 0.322 e. The van der Waals surface area contributed by atoms with Gasteiger partial charge in [-0.15, -0.1) is 0 Å². The number of ether oxygens (including phenoxy) is 1. The average molecular weight is 380 g/mol. The van der Waals surface area contributed by atoms with Gasteiger partial charge in [-0.2, -0.15) is 0 Å². The largest absolute Gasteiger partial charge is 0.383 e. The zero-order chi connectivity index (χ0) is 19.5. The van der Waals surface area contributed by atoms with Gasteiger partial charge in [0.15, 0.2) is 0 Å². The third kappa shape index (κ3) is 3.91. The molecule has 4 rings (SSSR count). The molecule has 28 heavy (non-hydrogen) atoms. The molecule has 2 aromatic rings. The van der Waals surface area contributed by atoms with Gasteiger partial charge in [-0.1, -0.05) is 30.3 Å². The van der Waals surface area contributed by atoms with E-state index in [2.05, 4.69) is 53.7 Å². The molecule has 1 fully saturated rings. The first kappa shape index (κ1) is 19.0. The highest BCUT2D eigenvalue weighted by molar-refractivity contribution is 5.91. The molecule has 5 heteroatoms. The number of amides is 2. The van der Waals surface area contributed by atoms with Crippen molar-refractivity contribution in [2.75, 3.05) is 45.7 Å². The van der Waals surface area contributed by atoms with E-state index in [1.165, 1.54) is 22.3 Å². The van der Waals surface area contributed by atoms with E-state index in [-0.39, 0.29) is 12.1 Å². The maximum atomic E-state index is 12.9. The molecule has 0 saturated carbocycles. The molecule has 1 aliphatic carbocycles. The third-order valence-electron chi connectivity index (χ3n) is 5.88. The second-order valence-electron chi connectivity index (χ2n) is 7.88. The molecule has 2 aliphatic rings. The second kappa shape index (κ2) is 8.33. The summed E-state index contributed by atoms with van der Waals surface area (Å²) in [5.41, 5.74) is 6.13. The van der Waals surface area contributed by atoms with Crippen molar-refractivity contribution in [3.8, 4) is 11.1 Å². The number of likely N-dealkylation sites (tertiary alicyclic amines) is 1. The number of rotatable bonds is 6. The predicted octanol–water partition coefficient (Wildman–Crippen LogP) is 3.83. The van der Waals surface area contributed by atoms with Gasteiger partial charge >= 0.3 is 6.03 Å². The summed E-state index contributed by atoms with van der Waals surface area (Å²) < 4.78 is 5.16. The fraction of sp³-hybridized carbons (Fsp3) is 0.435. The summed E-state index contributed by atoms with van der Waals surface area (Å²) in [6, 6.07) is 15.1. The molecule has 1 N–H and O–H groups in total. The van der Waals surface area contributed by atoms with Crippen molar-refractivity contribution < 1.29 is 9.53 Å². The average Bonchev–Trinajstić information content (AvgIpc) is 3.30. The lowest BCUT2D eigenvalue weighted by molar-refractivity contribution is 0.143. The number of urea groups is 1. The number of hydrogen-bond donors (Lipinski definition) is 1. The second-order valence-corrected chi connectivity index (χ2v) is 7.88. The van der Waals surface area contributed by atoms with Crippen molar-refractivity contribution in [3.05, 3.63) is 53.6 Å². The monoisotopic (exact) mass is 379 g/mol. The van der Waals surface area contributed by atoms with Crippen LogP contribution in [-0.2, 0) is 11.2 Å². The number of benzene rings is 2. The maximum Gasteiger partial charge on any atom is 0.322 e. The summed E-state index contributed by atoms with van der Waals surface area (Å²) in [7, 11) is 3.81. The van der Waals surface area contributed by atoms with Crippen LogP contribution in [0.15, 0.2) is 42.5 Å².